The molecule has 0 fully saturated rings. The van der Waals surface area contributed by atoms with Crippen LogP contribution in [0.15, 0.2) is 53.6 Å². The Kier molecular flexibility index (Phi) is 3.80. The van der Waals surface area contributed by atoms with Gasteiger partial charge in [0, 0.05) is 28.0 Å². The van der Waals surface area contributed by atoms with Crippen LogP contribution in [-0.2, 0) is 12.0 Å². The molecule has 0 saturated carbocycles. The summed E-state index contributed by atoms with van der Waals surface area (Å²) in [4.78, 5) is 2.95. The molecule has 0 aromatic heterocycles. The minimum Gasteiger partial charge on any atom is -0.391 e. The van der Waals surface area contributed by atoms with Crippen LogP contribution in [0.25, 0.3) is 10.4 Å². The van der Waals surface area contributed by atoms with E-state index in [2.05, 4.69) is 65.5 Å². The maximum atomic E-state index is 9.93. The number of hydrogen-bond acceptors (Lipinski definition) is 2. The maximum Gasteiger partial charge on any atom is 0.149 e. The molecule has 0 spiro atoms. The monoisotopic (exact) mass is 335 g/mol. The molecule has 2 aliphatic rings. The van der Waals surface area contributed by atoms with E-state index < -0.39 is 0 Å². The zero-order chi connectivity index (χ0) is 17.5. The third-order valence-electron chi connectivity index (χ3n) is 6.45. The van der Waals surface area contributed by atoms with E-state index in [1.807, 2.05) is 0 Å². The molecule has 5 nitrogen and oxygen atoms in total. The van der Waals surface area contributed by atoms with E-state index in [1.165, 1.54) is 22.3 Å². The van der Waals surface area contributed by atoms with Crippen molar-refractivity contribution in [1.29, 1.82) is 0 Å². The number of aliphatic hydroxyl groups excluding tert-OH is 1. The van der Waals surface area contributed by atoms with Crippen molar-refractivity contribution in [2.75, 3.05) is 26.2 Å². The van der Waals surface area contributed by atoms with E-state index in [0.717, 1.165) is 17.4 Å². The van der Waals surface area contributed by atoms with E-state index in [0.29, 0.717) is 13.1 Å². The zero-order valence-corrected chi connectivity index (χ0v) is 14.5. The summed E-state index contributed by atoms with van der Waals surface area (Å²) in [6, 6.07) is 17.6. The Labute approximate surface area is 147 Å². The Hall–Kier alpha value is -2.33. The minimum atomic E-state index is -0.232. The third-order valence-corrected chi connectivity index (χ3v) is 6.45. The normalized spacial score (nSPS) is 28.8. The Balaban J connectivity index is 1.98. The first-order valence-corrected chi connectivity index (χ1v) is 8.85. The van der Waals surface area contributed by atoms with Gasteiger partial charge in [0.25, 0.3) is 0 Å². The van der Waals surface area contributed by atoms with Crippen molar-refractivity contribution in [2.24, 2.45) is 5.11 Å². The van der Waals surface area contributed by atoms with Crippen LogP contribution >= 0.6 is 0 Å². The van der Waals surface area contributed by atoms with E-state index >= 15 is 0 Å². The van der Waals surface area contributed by atoms with Crippen molar-refractivity contribution >= 4 is 0 Å². The Morgan fingerprint density at radius 3 is 2.64 bits per heavy atom. The van der Waals surface area contributed by atoms with Crippen LogP contribution in [-0.4, -0.2) is 35.8 Å². The van der Waals surface area contributed by atoms with Crippen molar-refractivity contribution in [1.82, 2.24) is 0 Å². The zero-order valence-electron chi connectivity index (χ0n) is 14.5. The molecule has 0 radical (unpaired) electrons. The van der Waals surface area contributed by atoms with Gasteiger partial charge in [-0.3, -0.25) is 0 Å². The molecule has 5 heteroatoms. The number of hydrogen-bond donors (Lipinski definition) is 1. The first-order valence-electron chi connectivity index (χ1n) is 8.85. The Morgan fingerprint density at radius 1 is 1.16 bits per heavy atom. The molecule has 1 N–H and O–H groups in total. The highest BCUT2D eigenvalue weighted by molar-refractivity contribution is 5.51. The Morgan fingerprint density at radius 2 is 1.88 bits per heavy atom. The van der Waals surface area contributed by atoms with Crippen LogP contribution in [0.1, 0.15) is 35.2 Å². The highest BCUT2D eigenvalue weighted by Crippen LogP contribution is 2.60. The molecule has 2 aromatic rings. The van der Waals surface area contributed by atoms with E-state index in [1.54, 1.807) is 0 Å². The molecule has 3 atom stereocenters. The van der Waals surface area contributed by atoms with Crippen molar-refractivity contribution in [2.45, 2.75) is 24.9 Å². The molecular formula is C20H23N4O+. The van der Waals surface area contributed by atoms with Gasteiger partial charge in [-0.1, -0.05) is 53.6 Å². The van der Waals surface area contributed by atoms with Gasteiger partial charge in [0.1, 0.15) is 18.1 Å². The van der Waals surface area contributed by atoms with Crippen LogP contribution in [0.2, 0.25) is 0 Å². The standard InChI is InChI=1S/C20H23N4O/c1-20-17-8-4-2-6-15(17)14-19(16-7-3-5-9-18(16)20)24(20,12-13-25)11-10-22-23-21/h2-9,19,25H,10-14H2,1H3/q+1/t19-,20+,24+/m0/s1. The van der Waals surface area contributed by atoms with Gasteiger partial charge in [-0.15, -0.1) is 0 Å². The first-order chi connectivity index (χ1) is 12.2. The third kappa shape index (κ3) is 2.00. The minimum absolute atomic E-state index is 0.124. The smallest absolute Gasteiger partial charge is 0.149 e. The van der Waals surface area contributed by atoms with Gasteiger partial charge < -0.3 is 9.59 Å². The van der Waals surface area contributed by atoms with Gasteiger partial charge in [0.05, 0.1) is 19.7 Å². The molecule has 0 saturated heterocycles. The van der Waals surface area contributed by atoms with Crippen molar-refractivity contribution < 1.29 is 9.59 Å². The fourth-order valence-corrected chi connectivity index (χ4v) is 5.42. The summed E-state index contributed by atoms with van der Waals surface area (Å²) in [5, 5.41) is 13.7. The second kappa shape index (κ2) is 5.88. The summed E-state index contributed by atoms with van der Waals surface area (Å²) >= 11 is 0. The molecule has 25 heavy (non-hydrogen) atoms. The quantitative estimate of drug-likeness (QED) is 0.385. The molecular weight excluding hydrogens is 312 g/mol. The summed E-state index contributed by atoms with van der Waals surface area (Å²) in [6.45, 7) is 4.26. The van der Waals surface area contributed by atoms with E-state index in [4.69, 9.17) is 5.53 Å². The van der Waals surface area contributed by atoms with Gasteiger partial charge in [0.15, 0.2) is 0 Å². The number of quaternary nitrogens is 1. The number of rotatable bonds is 5. The lowest BCUT2D eigenvalue weighted by Gasteiger charge is -2.54. The second-order valence-electron chi connectivity index (χ2n) is 7.20. The molecule has 128 valence electrons. The molecule has 0 unspecified atom stereocenters. The van der Waals surface area contributed by atoms with Crippen molar-refractivity contribution in [3.8, 4) is 0 Å². The molecule has 0 amide bonds. The first kappa shape index (κ1) is 16.2. The van der Waals surface area contributed by atoms with Crippen LogP contribution in [0.4, 0.5) is 0 Å². The molecule has 2 aliphatic heterocycles. The molecule has 2 aromatic carbocycles. The maximum absolute atomic E-state index is 9.93. The summed E-state index contributed by atoms with van der Waals surface area (Å²) in [5.74, 6) is 0. The summed E-state index contributed by atoms with van der Waals surface area (Å²) < 4.78 is 0.735. The lowest BCUT2D eigenvalue weighted by molar-refractivity contribution is -0.997. The predicted octanol–water partition coefficient (Wildman–Crippen LogP) is 3.68. The SMILES string of the molecule is C[C@@]12c3ccccc3C[C@@H](c3ccccc31)[N@+]2(CCO)CCN=[N+]=[N-]. The molecule has 2 bridgehead atoms. The number of aliphatic hydroxyl groups is 1. The van der Waals surface area contributed by atoms with Crippen LogP contribution < -0.4 is 0 Å². The highest BCUT2D eigenvalue weighted by Gasteiger charge is 2.63. The van der Waals surface area contributed by atoms with Gasteiger partial charge >= 0.3 is 0 Å². The highest BCUT2D eigenvalue weighted by atomic mass is 16.3. The molecule has 0 aliphatic carbocycles. The lowest BCUT2D eigenvalue weighted by Crippen LogP contribution is -2.63. The average molecular weight is 335 g/mol. The Bertz CT molecular complexity index is 847. The van der Waals surface area contributed by atoms with Gasteiger partial charge in [-0.25, -0.2) is 0 Å². The van der Waals surface area contributed by atoms with E-state index in [-0.39, 0.29) is 18.2 Å². The molecule has 4 rings (SSSR count). The van der Waals surface area contributed by atoms with Gasteiger partial charge in [-0.2, -0.15) is 0 Å². The van der Waals surface area contributed by atoms with Gasteiger partial charge in [0.2, 0.25) is 0 Å². The fraction of sp³-hybridized carbons (Fsp3) is 0.400. The van der Waals surface area contributed by atoms with Crippen LogP contribution in [0.5, 0.6) is 0 Å². The number of nitrogens with zero attached hydrogens (tertiary/aromatic N) is 4. The summed E-state index contributed by atoms with van der Waals surface area (Å²) in [5.41, 5.74) is 14.0. The predicted molar refractivity (Wildman–Crippen MR) is 96.9 cm³/mol. The van der Waals surface area contributed by atoms with Crippen LogP contribution in [0.3, 0.4) is 0 Å². The van der Waals surface area contributed by atoms with Gasteiger partial charge in [-0.05, 0) is 18.0 Å². The fourth-order valence-electron chi connectivity index (χ4n) is 5.42. The average Bonchev–Trinajstić information content (AvgIpc) is 2.76. The number of azide groups is 1. The number of benzene rings is 2. The molecule has 2 heterocycles. The van der Waals surface area contributed by atoms with E-state index in [9.17, 15) is 5.11 Å². The lowest BCUT2D eigenvalue weighted by atomic mass is 9.78. The topological polar surface area (TPSA) is 69.0 Å². The summed E-state index contributed by atoms with van der Waals surface area (Å²) in [7, 11) is 0. The second-order valence-corrected chi connectivity index (χ2v) is 7.20. The number of fused-ring (bicyclic) bond motifs is 7. The summed E-state index contributed by atoms with van der Waals surface area (Å²) in [6.07, 6.45) is 0.957. The van der Waals surface area contributed by atoms with Crippen LogP contribution in [0, 0.1) is 0 Å². The van der Waals surface area contributed by atoms with Crippen molar-refractivity contribution in [3.05, 3.63) is 81.2 Å². The largest absolute Gasteiger partial charge is 0.391 e. The van der Waals surface area contributed by atoms with Crippen molar-refractivity contribution in [3.63, 3.8) is 0 Å².